The maximum absolute atomic E-state index is 11.8. The number of ether oxygens (including phenoxy) is 1. The summed E-state index contributed by atoms with van der Waals surface area (Å²) in [6.45, 7) is 9.52. The lowest BCUT2D eigenvalue weighted by Crippen LogP contribution is -2.31. The van der Waals surface area contributed by atoms with Gasteiger partial charge in [-0.05, 0) is 57.4 Å². The van der Waals surface area contributed by atoms with Gasteiger partial charge in [0.05, 0.1) is 0 Å². The highest BCUT2D eigenvalue weighted by molar-refractivity contribution is 5.96. The number of alkyl carbamates (subject to hydrolysis) is 1. The molecule has 3 nitrogen and oxygen atoms in total. The summed E-state index contributed by atoms with van der Waals surface area (Å²) >= 11 is 0. The second-order valence-electron chi connectivity index (χ2n) is 6.04. The number of nitrogens with one attached hydrogen (secondary N) is 1. The standard InChI is InChI=1S/C17H21NO2/c1-11-10-15(14-9-7-6-8-13(11)14)12(2)18-16(19)20-17(3,4)5/h6-10H,1-5H3,(H,18,19)/b15-12-. The van der Waals surface area contributed by atoms with Crippen LogP contribution in [0.4, 0.5) is 4.79 Å². The van der Waals surface area contributed by atoms with E-state index in [4.69, 9.17) is 4.74 Å². The summed E-state index contributed by atoms with van der Waals surface area (Å²) in [4.78, 5) is 11.8. The first-order valence-corrected chi connectivity index (χ1v) is 6.77. The maximum Gasteiger partial charge on any atom is 0.411 e. The highest BCUT2D eigenvalue weighted by Crippen LogP contribution is 2.35. The number of fused-ring (bicyclic) bond motifs is 1. The lowest BCUT2D eigenvalue weighted by Gasteiger charge is -2.20. The van der Waals surface area contributed by atoms with Crippen molar-refractivity contribution in [1.29, 1.82) is 0 Å². The van der Waals surface area contributed by atoms with E-state index >= 15 is 0 Å². The van der Waals surface area contributed by atoms with Crippen LogP contribution in [0.15, 0.2) is 36.0 Å². The van der Waals surface area contributed by atoms with Crippen molar-refractivity contribution in [3.8, 4) is 0 Å². The zero-order valence-corrected chi connectivity index (χ0v) is 12.7. The van der Waals surface area contributed by atoms with Crippen molar-refractivity contribution in [2.45, 2.75) is 40.2 Å². The number of rotatable bonds is 1. The van der Waals surface area contributed by atoms with Gasteiger partial charge in [-0.2, -0.15) is 0 Å². The Kier molecular flexibility index (Phi) is 3.71. The lowest BCUT2D eigenvalue weighted by atomic mass is 10.0. The fourth-order valence-corrected chi connectivity index (χ4v) is 2.27. The molecule has 2 rings (SSSR count). The molecule has 0 radical (unpaired) electrons. The van der Waals surface area contributed by atoms with E-state index in [0.29, 0.717) is 0 Å². The quantitative estimate of drug-likeness (QED) is 0.824. The van der Waals surface area contributed by atoms with Gasteiger partial charge in [0.25, 0.3) is 0 Å². The van der Waals surface area contributed by atoms with Gasteiger partial charge in [-0.25, -0.2) is 4.79 Å². The van der Waals surface area contributed by atoms with Crippen molar-refractivity contribution in [2.24, 2.45) is 0 Å². The summed E-state index contributed by atoms with van der Waals surface area (Å²) in [5.74, 6) is 0. The molecule has 0 saturated heterocycles. The third kappa shape index (κ3) is 3.10. The van der Waals surface area contributed by atoms with Crippen LogP contribution in [0.5, 0.6) is 0 Å². The fraction of sp³-hybridized carbons (Fsp3) is 0.353. The van der Waals surface area contributed by atoms with Crippen molar-refractivity contribution in [3.63, 3.8) is 0 Å². The van der Waals surface area contributed by atoms with Crippen LogP contribution in [0, 0.1) is 0 Å². The number of benzene rings is 1. The van der Waals surface area contributed by atoms with E-state index in [2.05, 4.69) is 30.4 Å². The molecule has 1 aliphatic rings. The van der Waals surface area contributed by atoms with Crippen LogP contribution in [0.3, 0.4) is 0 Å². The SMILES string of the molecule is CC1=C/C(=C(\C)NC(=O)OC(C)(C)C)c2ccccc21. The molecule has 1 aliphatic carbocycles. The summed E-state index contributed by atoms with van der Waals surface area (Å²) in [6, 6.07) is 8.19. The van der Waals surface area contributed by atoms with E-state index in [-0.39, 0.29) is 0 Å². The fourth-order valence-electron chi connectivity index (χ4n) is 2.27. The first-order valence-electron chi connectivity index (χ1n) is 6.77. The molecule has 0 saturated carbocycles. The van der Waals surface area contributed by atoms with Crippen LogP contribution in [0.1, 0.15) is 45.7 Å². The molecule has 1 aromatic carbocycles. The Morgan fingerprint density at radius 1 is 1.15 bits per heavy atom. The molecule has 1 amide bonds. The van der Waals surface area contributed by atoms with Crippen molar-refractivity contribution in [2.75, 3.05) is 0 Å². The van der Waals surface area contributed by atoms with Gasteiger partial charge in [0.1, 0.15) is 5.60 Å². The number of amides is 1. The summed E-state index contributed by atoms with van der Waals surface area (Å²) in [6.07, 6.45) is 1.68. The van der Waals surface area contributed by atoms with Gasteiger partial charge >= 0.3 is 6.09 Å². The Hall–Kier alpha value is -2.03. The number of carbonyl (C=O) groups is 1. The Balaban J connectivity index is 2.25. The largest absolute Gasteiger partial charge is 0.444 e. The minimum Gasteiger partial charge on any atom is -0.444 e. The van der Waals surface area contributed by atoms with Crippen LogP contribution in [0.25, 0.3) is 11.1 Å². The monoisotopic (exact) mass is 271 g/mol. The first-order chi connectivity index (χ1) is 9.28. The van der Waals surface area contributed by atoms with Crippen molar-refractivity contribution in [3.05, 3.63) is 47.2 Å². The average molecular weight is 271 g/mol. The molecule has 3 heteroatoms. The molecular weight excluding hydrogens is 250 g/mol. The average Bonchev–Trinajstić information content (AvgIpc) is 2.65. The van der Waals surface area contributed by atoms with E-state index in [1.807, 2.05) is 39.8 Å². The molecule has 1 aromatic rings. The van der Waals surface area contributed by atoms with Crippen molar-refractivity contribution < 1.29 is 9.53 Å². The van der Waals surface area contributed by atoms with Crippen LogP contribution < -0.4 is 5.32 Å². The van der Waals surface area contributed by atoms with Gasteiger partial charge in [-0.3, -0.25) is 5.32 Å². The van der Waals surface area contributed by atoms with Gasteiger partial charge in [0.2, 0.25) is 0 Å². The second kappa shape index (κ2) is 5.16. The number of allylic oxidation sites excluding steroid dienone is 4. The molecule has 106 valence electrons. The summed E-state index contributed by atoms with van der Waals surface area (Å²) < 4.78 is 5.28. The van der Waals surface area contributed by atoms with Crippen LogP contribution in [-0.2, 0) is 4.74 Å². The van der Waals surface area contributed by atoms with E-state index in [9.17, 15) is 4.79 Å². The summed E-state index contributed by atoms with van der Waals surface area (Å²) in [7, 11) is 0. The van der Waals surface area contributed by atoms with E-state index < -0.39 is 11.7 Å². The zero-order valence-electron chi connectivity index (χ0n) is 12.7. The molecule has 0 aliphatic heterocycles. The Morgan fingerprint density at radius 2 is 1.75 bits per heavy atom. The topological polar surface area (TPSA) is 38.3 Å². The van der Waals surface area contributed by atoms with Crippen molar-refractivity contribution in [1.82, 2.24) is 5.32 Å². The first kappa shape index (κ1) is 14.4. The Morgan fingerprint density at radius 3 is 2.35 bits per heavy atom. The molecular formula is C17H21NO2. The summed E-state index contributed by atoms with van der Waals surface area (Å²) in [5.41, 5.74) is 4.94. The van der Waals surface area contributed by atoms with Crippen LogP contribution in [-0.4, -0.2) is 11.7 Å². The summed E-state index contributed by atoms with van der Waals surface area (Å²) in [5, 5.41) is 2.81. The predicted octanol–water partition coefficient (Wildman–Crippen LogP) is 4.36. The van der Waals surface area contributed by atoms with Crippen molar-refractivity contribution >= 4 is 17.2 Å². The molecule has 1 N–H and O–H groups in total. The highest BCUT2D eigenvalue weighted by Gasteiger charge is 2.20. The van der Waals surface area contributed by atoms with E-state index in [1.165, 1.54) is 11.1 Å². The molecule has 0 heterocycles. The maximum atomic E-state index is 11.8. The van der Waals surface area contributed by atoms with Gasteiger partial charge in [-0.15, -0.1) is 0 Å². The minimum atomic E-state index is -0.492. The molecule has 0 fully saturated rings. The number of hydrogen-bond donors (Lipinski definition) is 1. The number of carbonyl (C=O) groups excluding carboxylic acids is 1. The second-order valence-corrected chi connectivity index (χ2v) is 6.04. The molecule has 0 atom stereocenters. The van der Waals surface area contributed by atoms with Gasteiger partial charge in [0.15, 0.2) is 0 Å². The number of hydrogen-bond acceptors (Lipinski definition) is 2. The Labute approximate surface area is 120 Å². The zero-order chi connectivity index (χ0) is 14.9. The molecule has 0 aromatic heterocycles. The third-order valence-corrected chi connectivity index (χ3v) is 3.10. The van der Waals surface area contributed by atoms with Gasteiger partial charge in [-0.1, -0.05) is 24.3 Å². The molecule has 0 bridgehead atoms. The van der Waals surface area contributed by atoms with Crippen LogP contribution in [0.2, 0.25) is 0 Å². The predicted molar refractivity (Wildman–Crippen MR) is 82.1 cm³/mol. The Bertz CT molecular complexity index is 604. The smallest absolute Gasteiger partial charge is 0.411 e. The lowest BCUT2D eigenvalue weighted by molar-refractivity contribution is 0.0546. The normalized spacial score (nSPS) is 16.4. The third-order valence-electron chi connectivity index (χ3n) is 3.10. The highest BCUT2D eigenvalue weighted by atomic mass is 16.6. The minimum absolute atomic E-state index is 0.419. The molecule has 0 spiro atoms. The van der Waals surface area contributed by atoms with E-state index in [0.717, 1.165) is 16.8 Å². The molecule has 20 heavy (non-hydrogen) atoms. The van der Waals surface area contributed by atoms with Crippen LogP contribution >= 0.6 is 0 Å². The molecule has 0 unspecified atom stereocenters. The van der Waals surface area contributed by atoms with Gasteiger partial charge < -0.3 is 4.74 Å². The van der Waals surface area contributed by atoms with E-state index in [1.54, 1.807) is 0 Å². The van der Waals surface area contributed by atoms with Gasteiger partial charge in [0, 0.05) is 11.3 Å².